The molecule has 0 bridgehead atoms. The first-order valence-corrected chi connectivity index (χ1v) is 22.1. The van der Waals surface area contributed by atoms with Gasteiger partial charge in [-0.15, -0.1) is 9.79 Å². The van der Waals surface area contributed by atoms with Crippen LogP contribution >= 0.6 is 38.6 Å². The fourth-order valence-corrected chi connectivity index (χ4v) is 7.55. The van der Waals surface area contributed by atoms with E-state index in [9.17, 15) is 47.6 Å². The average Bonchev–Trinajstić information content (AvgIpc) is 3.00. The van der Waals surface area contributed by atoms with E-state index in [1.54, 1.807) is 37.3 Å². The minimum Gasteiger partial charge on any atom is -0.397 e. The lowest BCUT2D eigenvalue weighted by atomic mass is 10.2. The van der Waals surface area contributed by atoms with Crippen molar-refractivity contribution in [3.63, 3.8) is 0 Å². The highest BCUT2D eigenvalue weighted by atomic mass is 31.2. The van der Waals surface area contributed by atoms with Gasteiger partial charge in [0.1, 0.15) is 5.78 Å². The highest BCUT2D eigenvalue weighted by Gasteiger charge is 2.61. The number of hydrogen-bond donors (Lipinski definition) is 14. The molecule has 14 N–H and O–H groups in total. The summed E-state index contributed by atoms with van der Waals surface area (Å²) in [7, 11) is -21.6. The van der Waals surface area contributed by atoms with Crippen molar-refractivity contribution in [2.24, 2.45) is 0 Å². The third kappa shape index (κ3) is 20.2. The molecule has 24 heteroatoms. The van der Waals surface area contributed by atoms with Crippen molar-refractivity contribution in [3.8, 4) is 0 Å². The summed E-state index contributed by atoms with van der Waals surface area (Å²) in [6.07, 6.45) is 0. The third-order valence-corrected chi connectivity index (χ3v) is 11.9. The Morgan fingerprint density at radius 2 is 1.02 bits per heavy atom. The van der Waals surface area contributed by atoms with Gasteiger partial charge < -0.3 is 49.4 Å². The molecule has 2 atom stereocenters. The second kappa shape index (κ2) is 24.4. The Morgan fingerprint density at radius 1 is 0.686 bits per heavy atom. The molecular formula is C27H46N2O17P5+. The molecule has 51 heavy (non-hydrogen) atoms. The second-order valence-electron chi connectivity index (χ2n) is 9.72. The molecule has 3 rings (SSSR count). The molecule has 3 aromatic rings. The first kappa shape index (κ1) is 51.2. The standard InChI is InChI=1S/C14H16NO3P.C9H15NO6P2.C2H7O4P.C2H6O.HO3P/c16-19(17,18)14(13-9-5-2-6-10-13)15-11-12-7-3-1-4-8-12;1-2-10-9(17(11,12)13,18(14,15)16)8-6-4-3-5-7-8;1-2(3)7(4,5)6;1-2-3;1-4(2)3/h1-10,14-15H,11H2,(H2,16,17,18);3-7,10H,2H2,1H3,(H2,11,12,13)(H2,14,15,16);2-3H,1H3,(H2,4,5,6);3H,2H2,1H3;(H-,1,2,3)/p+1. The number of aliphatic hydroxyl groups excluding tert-OH is 2. The quantitative estimate of drug-likeness (QED) is 0.123. The smallest absolute Gasteiger partial charge is 0.397 e. The summed E-state index contributed by atoms with van der Waals surface area (Å²) in [6, 6.07) is 25.3. The topological polar surface area (TPSA) is 352 Å². The zero-order valence-electron chi connectivity index (χ0n) is 27.6. The van der Waals surface area contributed by atoms with E-state index in [2.05, 4.69) is 10.6 Å². The van der Waals surface area contributed by atoms with Crippen molar-refractivity contribution in [2.75, 3.05) is 13.2 Å². The zero-order chi connectivity index (χ0) is 40.1. The summed E-state index contributed by atoms with van der Waals surface area (Å²) in [5, 5.41) is 18.2. The Labute approximate surface area is 295 Å². The highest BCUT2D eigenvalue weighted by molar-refractivity contribution is 7.71. The lowest BCUT2D eigenvalue weighted by Gasteiger charge is -2.35. The van der Waals surface area contributed by atoms with E-state index in [1.165, 1.54) is 31.2 Å². The van der Waals surface area contributed by atoms with Gasteiger partial charge in [-0.25, -0.2) is 0 Å². The molecule has 0 saturated heterocycles. The molecule has 0 spiro atoms. The molecule has 0 aliphatic rings. The number of benzene rings is 3. The first-order chi connectivity index (χ1) is 23.3. The van der Waals surface area contributed by atoms with Gasteiger partial charge in [-0.1, -0.05) is 97.9 Å². The monoisotopic (exact) mass is 825 g/mol. The van der Waals surface area contributed by atoms with E-state index in [1.807, 2.05) is 36.4 Å². The van der Waals surface area contributed by atoms with Crippen LogP contribution in [0.15, 0.2) is 91.0 Å². The van der Waals surface area contributed by atoms with Crippen molar-refractivity contribution in [3.05, 3.63) is 108 Å². The van der Waals surface area contributed by atoms with Gasteiger partial charge in [-0.05, 0) is 37.1 Å². The van der Waals surface area contributed by atoms with E-state index < -0.39 is 55.3 Å². The summed E-state index contributed by atoms with van der Waals surface area (Å²) in [6.45, 7) is 4.88. The van der Waals surface area contributed by atoms with Crippen molar-refractivity contribution < 1.29 is 82.0 Å². The summed E-state index contributed by atoms with van der Waals surface area (Å²) < 4.78 is 53.3. The molecule has 3 aromatic carbocycles. The predicted molar refractivity (Wildman–Crippen MR) is 189 cm³/mol. The van der Waals surface area contributed by atoms with Crippen molar-refractivity contribution in [1.29, 1.82) is 0 Å². The molecular weight excluding hydrogens is 779 g/mol. The first-order valence-electron chi connectivity index (χ1n) is 14.3. The van der Waals surface area contributed by atoms with Crippen LogP contribution in [-0.2, 0) is 34.4 Å². The van der Waals surface area contributed by atoms with Gasteiger partial charge in [0.05, 0.1) is 0 Å². The fraction of sp³-hybridized carbons (Fsp3) is 0.333. The number of hydrogen-bond acceptors (Lipinski definition) is 9. The Bertz CT molecular complexity index is 1560. The number of nitrogens with one attached hydrogen (secondary N) is 2. The molecule has 2 unspecified atom stereocenters. The summed E-state index contributed by atoms with van der Waals surface area (Å²) >= 11 is 0. The van der Waals surface area contributed by atoms with Crippen LogP contribution in [-0.4, -0.2) is 78.1 Å². The molecule has 0 aliphatic carbocycles. The SMILES string of the molecule is CC(O)P(=O)(O)O.CCNC(c1ccccc1)(P(=O)(O)O)P(=O)(O)O.CCO.O=P(O)(O)C(NCc1ccccc1)c1ccccc1.O=[P+](O)O. The average molecular weight is 826 g/mol. The van der Waals surface area contributed by atoms with Gasteiger partial charge in [0.25, 0.3) is 0 Å². The van der Waals surface area contributed by atoms with Gasteiger partial charge >= 0.3 is 38.6 Å². The maximum Gasteiger partial charge on any atom is 0.692 e. The normalized spacial score (nSPS) is 12.8. The van der Waals surface area contributed by atoms with E-state index in [0.717, 1.165) is 12.5 Å². The largest absolute Gasteiger partial charge is 0.692 e. The number of rotatable bonds is 11. The molecule has 19 nitrogen and oxygen atoms in total. The highest BCUT2D eigenvalue weighted by Crippen LogP contribution is 2.72. The third-order valence-electron chi connectivity index (χ3n) is 5.72. The lowest BCUT2D eigenvalue weighted by molar-refractivity contribution is 0.218. The summed E-state index contributed by atoms with van der Waals surface area (Å²) in [5.41, 5.74) is 1.43. The van der Waals surface area contributed by atoms with Crippen LogP contribution in [0.5, 0.6) is 0 Å². The van der Waals surface area contributed by atoms with E-state index in [4.69, 9.17) is 34.4 Å². The predicted octanol–water partition coefficient (Wildman–Crippen LogP) is 2.54. The summed E-state index contributed by atoms with van der Waals surface area (Å²) in [5.74, 6) is -2.51. The van der Waals surface area contributed by atoms with Gasteiger partial charge in [-0.3, -0.25) is 28.9 Å². The molecule has 0 aliphatic heterocycles. The maximum absolute atomic E-state index is 11.6. The molecule has 0 heterocycles. The molecule has 0 radical (unpaired) electrons. The lowest BCUT2D eigenvalue weighted by Crippen LogP contribution is -2.41. The van der Waals surface area contributed by atoms with Gasteiger partial charge in [-0.2, -0.15) is 0 Å². The van der Waals surface area contributed by atoms with E-state index >= 15 is 0 Å². The van der Waals surface area contributed by atoms with Gasteiger partial charge in [0.2, 0.25) is 5.02 Å². The van der Waals surface area contributed by atoms with Crippen LogP contribution in [0, 0.1) is 0 Å². The molecule has 0 amide bonds. The second-order valence-corrected chi connectivity index (χ2v) is 17.7. The molecule has 0 fully saturated rings. The minimum absolute atomic E-state index is 0.00882. The van der Waals surface area contributed by atoms with Crippen LogP contribution in [0.4, 0.5) is 0 Å². The van der Waals surface area contributed by atoms with Crippen molar-refractivity contribution >= 4 is 38.6 Å². The minimum atomic E-state index is -5.14. The summed E-state index contributed by atoms with van der Waals surface area (Å²) in [4.78, 5) is 86.7. The van der Waals surface area contributed by atoms with E-state index in [0.29, 0.717) is 12.1 Å². The fourth-order valence-electron chi connectivity index (χ4n) is 3.61. The van der Waals surface area contributed by atoms with Crippen LogP contribution in [0.1, 0.15) is 43.2 Å². The Hall–Kier alpha value is -1.88. The molecule has 0 saturated carbocycles. The Kier molecular flexibility index (Phi) is 24.5. The maximum atomic E-state index is 11.6. The van der Waals surface area contributed by atoms with Crippen LogP contribution in [0.3, 0.4) is 0 Å². The van der Waals surface area contributed by atoms with Crippen LogP contribution in [0.2, 0.25) is 0 Å². The zero-order valence-corrected chi connectivity index (χ0v) is 32.1. The van der Waals surface area contributed by atoms with Crippen LogP contribution in [0.25, 0.3) is 0 Å². The van der Waals surface area contributed by atoms with Gasteiger partial charge in [0.15, 0.2) is 5.85 Å². The van der Waals surface area contributed by atoms with E-state index in [-0.39, 0.29) is 18.7 Å². The van der Waals surface area contributed by atoms with Crippen molar-refractivity contribution in [1.82, 2.24) is 10.6 Å². The van der Waals surface area contributed by atoms with Crippen LogP contribution < -0.4 is 10.6 Å². The Balaban J connectivity index is 0. The Morgan fingerprint density at radius 3 is 1.31 bits per heavy atom. The van der Waals surface area contributed by atoms with Gasteiger partial charge in [0, 0.05) is 17.7 Å². The van der Waals surface area contributed by atoms with Crippen molar-refractivity contribution in [2.45, 2.75) is 44.0 Å². The number of aliphatic hydroxyl groups is 2. The molecule has 0 aromatic heterocycles. The molecule has 290 valence electrons.